The van der Waals surface area contributed by atoms with Crippen molar-refractivity contribution in [2.45, 2.75) is 18.2 Å². The number of sulfone groups is 1. The first-order valence-electron chi connectivity index (χ1n) is 6.03. The lowest BCUT2D eigenvalue weighted by Crippen LogP contribution is -2.48. The van der Waals surface area contributed by atoms with Crippen LogP contribution in [-0.2, 0) is 15.7 Å². The summed E-state index contributed by atoms with van der Waals surface area (Å²) in [6, 6.07) is 3.57. The number of halogens is 1. The van der Waals surface area contributed by atoms with E-state index in [2.05, 4.69) is 10.2 Å². The molecule has 0 aliphatic carbocycles. The third-order valence-electron chi connectivity index (χ3n) is 3.04. The van der Waals surface area contributed by atoms with Crippen molar-refractivity contribution in [1.29, 1.82) is 0 Å². The molecule has 2 heterocycles. The summed E-state index contributed by atoms with van der Waals surface area (Å²) in [7, 11) is -3.12. The number of nitrogens with zero attached hydrogens (tertiary/aromatic N) is 3. The Hall–Kier alpha value is -0.530. The maximum absolute atomic E-state index is 12.1. The van der Waals surface area contributed by atoms with Crippen molar-refractivity contribution in [1.82, 2.24) is 10.2 Å². The van der Waals surface area contributed by atoms with Gasteiger partial charge in [-0.2, -0.15) is 16.9 Å². The average Bonchev–Trinajstić information content (AvgIpc) is 2.47. The molecule has 19 heavy (non-hydrogen) atoms. The standard InChI is InChI=1S/C11H16ClN3O2S2/c1-2-19(16,17)11-8-18-6-5-15(11)10-4-3-9(7-12)13-14-10/h3-4,11H,2,5-8H2,1H3. The molecular formula is C11H16ClN3O2S2. The van der Waals surface area contributed by atoms with Gasteiger partial charge in [-0.05, 0) is 12.1 Å². The van der Waals surface area contributed by atoms with Crippen molar-refractivity contribution in [2.75, 3.05) is 28.7 Å². The maximum Gasteiger partial charge on any atom is 0.171 e. The monoisotopic (exact) mass is 321 g/mol. The molecule has 1 fully saturated rings. The summed E-state index contributed by atoms with van der Waals surface area (Å²) in [6.45, 7) is 2.35. The normalized spacial score (nSPS) is 20.5. The molecule has 0 N–H and O–H groups in total. The van der Waals surface area contributed by atoms with Gasteiger partial charge in [0.15, 0.2) is 15.7 Å². The topological polar surface area (TPSA) is 63.2 Å². The summed E-state index contributed by atoms with van der Waals surface area (Å²) in [5.41, 5.74) is 0.687. The summed E-state index contributed by atoms with van der Waals surface area (Å²) in [5, 5.41) is 7.57. The summed E-state index contributed by atoms with van der Waals surface area (Å²) in [4.78, 5) is 1.83. The molecule has 1 unspecified atom stereocenters. The number of aromatic nitrogens is 2. The van der Waals surface area contributed by atoms with Crippen LogP contribution in [0.1, 0.15) is 12.6 Å². The first-order chi connectivity index (χ1) is 9.08. The second-order valence-electron chi connectivity index (χ2n) is 4.19. The molecule has 0 radical (unpaired) electrons. The van der Waals surface area contributed by atoms with Gasteiger partial charge in [-0.1, -0.05) is 6.92 Å². The molecule has 5 nitrogen and oxygen atoms in total. The zero-order valence-electron chi connectivity index (χ0n) is 10.6. The molecule has 106 valence electrons. The van der Waals surface area contributed by atoms with Gasteiger partial charge in [0.2, 0.25) is 0 Å². The number of hydrogen-bond acceptors (Lipinski definition) is 6. The van der Waals surface area contributed by atoms with E-state index >= 15 is 0 Å². The Bertz CT molecular complexity index is 521. The molecule has 1 saturated heterocycles. The van der Waals surface area contributed by atoms with Crippen LogP contribution in [-0.4, -0.2) is 47.8 Å². The molecule has 1 aliphatic heterocycles. The molecule has 0 saturated carbocycles. The van der Waals surface area contributed by atoms with E-state index < -0.39 is 15.2 Å². The number of anilines is 1. The SMILES string of the molecule is CCS(=O)(=O)C1CSCCN1c1ccc(CCl)nn1. The fraction of sp³-hybridized carbons (Fsp3) is 0.636. The Morgan fingerprint density at radius 3 is 2.84 bits per heavy atom. The van der Waals surface area contributed by atoms with Gasteiger partial charge in [0.25, 0.3) is 0 Å². The number of hydrogen-bond donors (Lipinski definition) is 0. The predicted molar refractivity (Wildman–Crippen MR) is 79.5 cm³/mol. The van der Waals surface area contributed by atoms with Crippen molar-refractivity contribution in [3.8, 4) is 0 Å². The average molecular weight is 322 g/mol. The molecule has 0 spiro atoms. The largest absolute Gasteiger partial charge is 0.337 e. The lowest BCUT2D eigenvalue weighted by Gasteiger charge is -2.35. The van der Waals surface area contributed by atoms with Gasteiger partial charge in [0.05, 0.1) is 11.6 Å². The van der Waals surface area contributed by atoms with Crippen LogP contribution in [0.4, 0.5) is 5.82 Å². The number of thioether (sulfide) groups is 1. The predicted octanol–water partition coefficient (Wildman–Crippen LogP) is 1.53. The van der Waals surface area contributed by atoms with Gasteiger partial charge in [0.1, 0.15) is 5.37 Å². The molecule has 1 atom stereocenters. The summed E-state index contributed by atoms with van der Waals surface area (Å²) in [6.07, 6.45) is 0. The Labute approximate surface area is 122 Å². The minimum Gasteiger partial charge on any atom is -0.337 e. The van der Waals surface area contributed by atoms with Crippen LogP contribution in [0, 0.1) is 0 Å². The van der Waals surface area contributed by atoms with Crippen LogP contribution in [0.3, 0.4) is 0 Å². The van der Waals surface area contributed by atoms with Gasteiger partial charge in [-0.15, -0.1) is 16.7 Å². The van der Waals surface area contributed by atoms with Crippen molar-refractivity contribution < 1.29 is 8.42 Å². The zero-order chi connectivity index (χ0) is 13.9. The summed E-state index contributed by atoms with van der Waals surface area (Å²) >= 11 is 7.33. The fourth-order valence-corrected chi connectivity index (χ4v) is 5.03. The maximum atomic E-state index is 12.1. The van der Waals surface area contributed by atoms with Gasteiger partial charge >= 0.3 is 0 Å². The van der Waals surface area contributed by atoms with Crippen LogP contribution in [0.2, 0.25) is 0 Å². The van der Waals surface area contributed by atoms with Gasteiger partial charge < -0.3 is 4.90 Å². The van der Waals surface area contributed by atoms with Crippen molar-refractivity contribution in [3.63, 3.8) is 0 Å². The highest BCUT2D eigenvalue weighted by molar-refractivity contribution is 8.01. The summed E-state index contributed by atoms with van der Waals surface area (Å²) < 4.78 is 24.3. The molecule has 1 aromatic heterocycles. The van der Waals surface area contributed by atoms with E-state index in [0.717, 1.165) is 5.75 Å². The second-order valence-corrected chi connectivity index (χ2v) is 8.06. The third kappa shape index (κ3) is 3.32. The van der Waals surface area contributed by atoms with E-state index in [4.69, 9.17) is 11.6 Å². The van der Waals surface area contributed by atoms with Gasteiger partial charge in [-0.3, -0.25) is 0 Å². The third-order valence-corrected chi connectivity index (χ3v) is 6.60. The van der Waals surface area contributed by atoms with Crippen LogP contribution >= 0.6 is 23.4 Å². The van der Waals surface area contributed by atoms with E-state index in [1.54, 1.807) is 30.8 Å². The first kappa shape index (κ1) is 14.9. The minimum absolute atomic E-state index is 0.141. The highest BCUT2D eigenvalue weighted by Gasteiger charge is 2.33. The van der Waals surface area contributed by atoms with Gasteiger partial charge in [-0.25, -0.2) is 8.42 Å². The Morgan fingerprint density at radius 2 is 2.26 bits per heavy atom. The van der Waals surface area contributed by atoms with Crippen LogP contribution in [0.25, 0.3) is 0 Å². The highest BCUT2D eigenvalue weighted by atomic mass is 35.5. The molecule has 1 aromatic rings. The molecule has 0 bridgehead atoms. The van der Waals surface area contributed by atoms with Gasteiger partial charge in [0, 0.05) is 23.8 Å². The van der Waals surface area contributed by atoms with E-state index in [1.165, 1.54) is 0 Å². The Balaban J connectivity index is 2.28. The lowest BCUT2D eigenvalue weighted by atomic mass is 10.4. The molecular weight excluding hydrogens is 306 g/mol. The molecule has 8 heteroatoms. The Kier molecular flexibility index (Phi) is 4.92. The number of rotatable bonds is 4. The van der Waals surface area contributed by atoms with Crippen LogP contribution < -0.4 is 4.90 Å². The van der Waals surface area contributed by atoms with Crippen molar-refractivity contribution in [3.05, 3.63) is 17.8 Å². The van der Waals surface area contributed by atoms with E-state index in [9.17, 15) is 8.42 Å². The highest BCUT2D eigenvalue weighted by Crippen LogP contribution is 2.25. The van der Waals surface area contributed by atoms with E-state index in [1.807, 2.05) is 4.90 Å². The first-order valence-corrected chi connectivity index (χ1v) is 9.43. The molecule has 0 aromatic carbocycles. The quantitative estimate of drug-likeness (QED) is 0.784. The van der Waals surface area contributed by atoms with Crippen LogP contribution in [0.5, 0.6) is 0 Å². The second kappa shape index (κ2) is 6.28. The van der Waals surface area contributed by atoms with E-state index in [-0.39, 0.29) is 5.75 Å². The zero-order valence-corrected chi connectivity index (χ0v) is 13.0. The van der Waals surface area contributed by atoms with Crippen molar-refractivity contribution >= 4 is 39.0 Å². The lowest BCUT2D eigenvalue weighted by molar-refractivity contribution is 0.578. The Morgan fingerprint density at radius 1 is 1.47 bits per heavy atom. The smallest absolute Gasteiger partial charge is 0.171 e. The minimum atomic E-state index is -3.12. The summed E-state index contributed by atoms with van der Waals surface area (Å²) in [5.74, 6) is 2.53. The molecule has 0 amide bonds. The fourth-order valence-electron chi connectivity index (χ4n) is 1.91. The molecule has 1 aliphatic rings. The van der Waals surface area contributed by atoms with Crippen molar-refractivity contribution in [2.24, 2.45) is 0 Å². The van der Waals surface area contributed by atoms with Crippen LogP contribution in [0.15, 0.2) is 12.1 Å². The molecule has 2 rings (SSSR count). The number of alkyl halides is 1. The van der Waals surface area contributed by atoms with E-state index in [0.29, 0.717) is 29.7 Å².